The van der Waals surface area contributed by atoms with Crippen LogP contribution in [0.1, 0.15) is 51.7 Å². The first-order valence-electron chi connectivity index (χ1n) is 10.1. The van der Waals surface area contributed by atoms with E-state index in [1.165, 1.54) is 12.8 Å². The molecule has 7 nitrogen and oxygen atoms in total. The number of aliphatic imine (C=N–C) groups is 1. The van der Waals surface area contributed by atoms with E-state index in [2.05, 4.69) is 41.5 Å². The third-order valence-electron chi connectivity index (χ3n) is 6.24. The van der Waals surface area contributed by atoms with Gasteiger partial charge < -0.3 is 15.4 Å². The molecular formula is C19H33IN6O. The number of guanidine groups is 1. The topological polar surface area (TPSA) is 76.4 Å². The van der Waals surface area contributed by atoms with Crippen molar-refractivity contribution in [2.24, 2.45) is 16.3 Å². The molecule has 2 N–H and O–H groups in total. The van der Waals surface area contributed by atoms with E-state index in [-0.39, 0.29) is 29.4 Å². The number of ether oxygens (including phenoxy) is 1. The molecule has 4 unspecified atom stereocenters. The van der Waals surface area contributed by atoms with E-state index in [0.29, 0.717) is 24.1 Å². The molecule has 0 bridgehead atoms. The van der Waals surface area contributed by atoms with Gasteiger partial charge in [0.1, 0.15) is 11.6 Å². The van der Waals surface area contributed by atoms with Crippen LogP contribution in [0.2, 0.25) is 0 Å². The summed E-state index contributed by atoms with van der Waals surface area (Å²) >= 11 is 0. The van der Waals surface area contributed by atoms with Gasteiger partial charge in [-0.1, -0.05) is 13.8 Å². The van der Waals surface area contributed by atoms with Gasteiger partial charge in [0.2, 0.25) is 0 Å². The van der Waals surface area contributed by atoms with E-state index >= 15 is 0 Å². The van der Waals surface area contributed by atoms with Gasteiger partial charge in [0.15, 0.2) is 5.96 Å². The molecule has 0 spiro atoms. The van der Waals surface area contributed by atoms with E-state index in [9.17, 15) is 0 Å². The van der Waals surface area contributed by atoms with Gasteiger partial charge in [-0.3, -0.25) is 4.99 Å². The third-order valence-corrected chi connectivity index (χ3v) is 6.24. The van der Waals surface area contributed by atoms with Crippen molar-refractivity contribution in [3.63, 3.8) is 0 Å². The van der Waals surface area contributed by atoms with Crippen LogP contribution in [0.25, 0.3) is 0 Å². The van der Waals surface area contributed by atoms with Gasteiger partial charge in [0.05, 0.1) is 12.6 Å². The Morgan fingerprint density at radius 1 is 1.33 bits per heavy atom. The molecule has 3 heterocycles. The summed E-state index contributed by atoms with van der Waals surface area (Å²) in [5.74, 6) is 3.49. The zero-order valence-electron chi connectivity index (χ0n) is 16.9. The Morgan fingerprint density at radius 3 is 2.93 bits per heavy atom. The molecule has 1 aromatic heterocycles. The highest BCUT2D eigenvalue weighted by atomic mass is 127. The molecular weight excluding hydrogens is 455 g/mol. The number of fused-ring (bicyclic) bond motifs is 2. The van der Waals surface area contributed by atoms with Crippen LogP contribution in [0.5, 0.6) is 0 Å². The van der Waals surface area contributed by atoms with Crippen LogP contribution in [0.3, 0.4) is 0 Å². The lowest BCUT2D eigenvalue weighted by molar-refractivity contribution is -0.188. The average molecular weight is 488 g/mol. The summed E-state index contributed by atoms with van der Waals surface area (Å²) in [6.45, 7) is 11.2. The third kappa shape index (κ3) is 3.97. The predicted octanol–water partition coefficient (Wildman–Crippen LogP) is 2.28. The first-order valence-corrected chi connectivity index (χ1v) is 10.1. The molecule has 0 aromatic carbocycles. The summed E-state index contributed by atoms with van der Waals surface area (Å²) in [5.41, 5.74) is 0.143. The van der Waals surface area contributed by atoms with Crippen LogP contribution in [0.4, 0.5) is 0 Å². The van der Waals surface area contributed by atoms with Crippen LogP contribution in [-0.2, 0) is 17.7 Å². The first kappa shape index (κ1) is 20.8. The van der Waals surface area contributed by atoms with E-state index < -0.39 is 0 Å². The molecule has 0 amide bonds. The highest BCUT2D eigenvalue weighted by Gasteiger charge is 2.58. The van der Waals surface area contributed by atoms with Crippen LogP contribution < -0.4 is 10.6 Å². The summed E-state index contributed by atoms with van der Waals surface area (Å²) in [5, 5.41) is 11.9. The molecule has 1 aliphatic carbocycles. The fourth-order valence-corrected chi connectivity index (χ4v) is 5.00. The lowest BCUT2D eigenvalue weighted by Gasteiger charge is -2.60. The van der Waals surface area contributed by atoms with Crippen molar-refractivity contribution in [3.8, 4) is 0 Å². The second kappa shape index (κ2) is 8.23. The maximum absolute atomic E-state index is 6.04. The normalized spacial score (nSPS) is 31.8. The lowest BCUT2D eigenvalue weighted by Crippen LogP contribution is -2.71. The monoisotopic (exact) mass is 488 g/mol. The van der Waals surface area contributed by atoms with Crippen LogP contribution >= 0.6 is 24.0 Å². The van der Waals surface area contributed by atoms with Gasteiger partial charge in [-0.15, -0.1) is 24.0 Å². The number of hydrogen-bond acceptors (Lipinski definition) is 4. The first-order chi connectivity index (χ1) is 12.5. The fourth-order valence-electron chi connectivity index (χ4n) is 5.00. The molecule has 1 aromatic rings. The van der Waals surface area contributed by atoms with Gasteiger partial charge in [0, 0.05) is 43.0 Å². The second-order valence-electron chi connectivity index (χ2n) is 8.50. The van der Waals surface area contributed by atoms with Crippen molar-refractivity contribution in [2.75, 3.05) is 13.2 Å². The molecule has 152 valence electrons. The van der Waals surface area contributed by atoms with Gasteiger partial charge >= 0.3 is 0 Å². The summed E-state index contributed by atoms with van der Waals surface area (Å²) < 4.78 is 8.08. The minimum atomic E-state index is 0. The largest absolute Gasteiger partial charge is 0.377 e. The smallest absolute Gasteiger partial charge is 0.191 e. The number of aryl methyl sites for hydroxylation is 2. The number of hydrogen-bond donors (Lipinski definition) is 2. The molecule has 27 heavy (non-hydrogen) atoms. The summed E-state index contributed by atoms with van der Waals surface area (Å²) in [6.07, 6.45) is 4.82. The number of aromatic nitrogens is 3. The summed E-state index contributed by atoms with van der Waals surface area (Å²) in [6, 6.07) is 0.751. The second-order valence-corrected chi connectivity index (χ2v) is 8.50. The highest BCUT2D eigenvalue weighted by Crippen LogP contribution is 2.51. The van der Waals surface area contributed by atoms with Crippen molar-refractivity contribution in [1.29, 1.82) is 0 Å². The Morgan fingerprint density at radius 2 is 2.15 bits per heavy atom. The van der Waals surface area contributed by atoms with Crippen molar-refractivity contribution in [2.45, 2.75) is 78.1 Å². The van der Waals surface area contributed by atoms with E-state index in [1.807, 2.05) is 11.6 Å². The highest BCUT2D eigenvalue weighted by molar-refractivity contribution is 14.0. The Balaban J connectivity index is 0.00000210. The maximum atomic E-state index is 6.04. The minimum Gasteiger partial charge on any atom is -0.377 e. The fraction of sp³-hybridized carbons (Fsp3) is 0.842. The number of halogens is 1. The van der Waals surface area contributed by atoms with E-state index in [0.717, 1.165) is 50.1 Å². The predicted molar refractivity (Wildman–Crippen MR) is 117 cm³/mol. The quantitative estimate of drug-likeness (QED) is 0.388. The minimum absolute atomic E-state index is 0. The Kier molecular flexibility index (Phi) is 6.34. The molecule has 1 saturated carbocycles. The van der Waals surface area contributed by atoms with Gasteiger partial charge in [-0.25, -0.2) is 9.67 Å². The zero-order chi connectivity index (χ0) is 18.3. The Labute approximate surface area is 179 Å². The number of nitrogens with one attached hydrogen (secondary N) is 2. The van der Waals surface area contributed by atoms with Crippen molar-refractivity contribution >= 4 is 29.9 Å². The lowest BCUT2D eigenvalue weighted by atomic mass is 9.55. The van der Waals surface area contributed by atoms with Crippen LogP contribution in [-0.4, -0.2) is 52.1 Å². The van der Waals surface area contributed by atoms with Crippen molar-refractivity contribution in [1.82, 2.24) is 25.4 Å². The summed E-state index contributed by atoms with van der Waals surface area (Å²) in [7, 11) is 0. The molecule has 8 heteroatoms. The molecule has 4 rings (SSSR count). The van der Waals surface area contributed by atoms with Crippen molar-refractivity contribution in [3.05, 3.63) is 11.6 Å². The number of nitrogens with zero attached hydrogens (tertiary/aromatic N) is 4. The van der Waals surface area contributed by atoms with Gasteiger partial charge in [0.25, 0.3) is 0 Å². The zero-order valence-corrected chi connectivity index (χ0v) is 19.2. The standard InChI is InChI=1S/C19H32N6O.HI/c1-5-20-18(22-13-8-9-15-21-12(2)24-25(15)11-13)23-16-14-7-6-10-26-17(14)19(16,3)4;/h13-14,16-17H,5-11H2,1-4H3,(H2,20,22,23);1H. The SMILES string of the molecule is CCN=C(NC1CCc2nc(C)nn2C1)NC1C2CCCOC2C1(C)C.I. The van der Waals surface area contributed by atoms with Crippen LogP contribution in [0.15, 0.2) is 4.99 Å². The average Bonchev–Trinajstić information content (AvgIpc) is 2.99. The van der Waals surface area contributed by atoms with Gasteiger partial charge in [-0.2, -0.15) is 5.10 Å². The molecule has 0 radical (unpaired) electrons. The van der Waals surface area contributed by atoms with Crippen LogP contribution in [0, 0.1) is 18.3 Å². The van der Waals surface area contributed by atoms with E-state index in [4.69, 9.17) is 9.73 Å². The Bertz CT molecular complexity index is 688. The molecule has 3 aliphatic rings. The molecule has 2 fully saturated rings. The Hall–Kier alpha value is -0.900. The van der Waals surface area contributed by atoms with E-state index in [1.54, 1.807) is 0 Å². The van der Waals surface area contributed by atoms with Crippen molar-refractivity contribution < 1.29 is 4.74 Å². The van der Waals surface area contributed by atoms with Gasteiger partial charge in [-0.05, 0) is 33.1 Å². The molecule has 2 aliphatic heterocycles. The molecule has 4 atom stereocenters. The maximum Gasteiger partial charge on any atom is 0.191 e. The number of rotatable bonds is 3. The molecule has 1 saturated heterocycles. The summed E-state index contributed by atoms with van der Waals surface area (Å²) in [4.78, 5) is 9.21.